The average Bonchev–Trinajstić information content (AvgIpc) is 3.28. The summed E-state index contributed by atoms with van der Waals surface area (Å²) >= 11 is 0. The first kappa shape index (κ1) is 23.4. The zero-order valence-electron chi connectivity index (χ0n) is 20.6. The minimum atomic E-state index is -0.995. The van der Waals surface area contributed by atoms with E-state index < -0.39 is 5.54 Å². The van der Waals surface area contributed by atoms with Crippen LogP contribution in [0.5, 0.6) is 0 Å². The van der Waals surface area contributed by atoms with E-state index in [4.69, 9.17) is 0 Å². The number of nitrogens with zero attached hydrogens (tertiary/aromatic N) is 2. The number of hydrogen-bond acceptors (Lipinski definition) is 2. The van der Waals surface area contributed by atoms with Gasteiger partial charge in [-0.15, -0.1) is 0 Å². The van der Waals surface area contributed by atoms with Crippen molar-refractivity contribution in [2.24, 2.45) is 0 Å². The third kappa shape index (κ3) is 4.77. The molecule has 2 aromatic carbocycles. The molecule has 5 heteroatoms. The van der Waals surface area contributed by atoms with Crippen molar-refractivity contribution in [2.75, 3.05) is 0 Å². The van der Waals surface area contributed by atoms with E-state index >= 15 is 0 Å². The molecule has 1 atom stereocenters. The largest absolute Gasteiger partial charge is 0.351 e. The van der Waals surface area contributed by atoms with E-state index in [9.17, 15) is 9.59 Å². The summed E-state index contributed by atoms with van der Waals surface area (Å²) in [7, 11) is 0. The summed E-state index contributed by atoms with van der Waals surface area (Å²) in [6, 6.07) is 24.1. The smallest absolute Gasteiger partial charge is 0.271 e. The first-order valence-corrected chi connectivity index (χ1v) is 13.0. The number of amides is 2. The van der Waals surface area contributed by atoms with Gasteiger partial charge in [0.05, 0.1) is 6.54 Å². The number of hydrogen-bond donors (Lipinski definition) is 1. The molecule has 1 fully saturated rings. The van der Waals surface area contributed by atoms with Crippen molar-refractivity contribution in [2.45, 2.75) is 76.5 Å². The summed E-state index contributed by atoms with van der Waals surface area (Å²) in [4.78, 5) is 29.7. The maximum Gasteiger partial charge on any atom is 0.271 e. The lowest BCUT2D eigenvalue weighted by atomic mass is 9.91. The molecule has 2 aliphatic rings. The van der Waals surface area contributed by atoms with Crippen molar-refractivity contribution in [3.63, 3.8) is 0 Å². The molecule has 1 N–H and O–H groups in total. The number of carbonyl (C=O) groups is 2. The molecule has 2 heterocycles. The van der Waals surface area contributed by atoms with Gasteiger partial charge in [0.15, 0.2) is 0 Å². The van der Waals surface area contributed by atoms with E-state index in [-0.39, 0.29) is 17.9 Å². The van der Waals surface area contributed by atoms with Crippen LogP contribution in [0, 0.1) is 0 Å². The zero-order valence-corrected chi connectivity index (χ0v) is 20.6. The standard InChI is InChI=1S/C30H35N3O2/c1-30(29(35)31-25-17-11-3-2-4-12-18-25)22-32-26(24-15-9-6-10-16-24)19-20-27(32)28(34)33(30)21-23-13-7-5-8-14-23/h5-10,13-16,19-20,25H,2-4,11-12,17-18,21-22H2,1H3,(H,31,35). The van der Waals surface area contributed by atoms with Crippen molar-refractivity contribution in [3.8, 4) is 11.3 Å². The van der Waals surface area contributed by atoms with Crippen LogP contribution in [0.25, 0.3) is 11.3 Å². The first-order chi connectivity index (χ1) is 17.1. The summed E-state index contributed by atoms with van der Waals surface area (Å²) in [5, 5.41) is 3.37. The van der Waals surface area contributed by atoms with Gasteiger partial charge >= 0.3 is 0 Å². The van der Waals surface area contributed by atoms with Crippen molar-refractivity contribution >= 4 is 11.8 Å². The minimum Gasteiger partial charge on any atom is -0.351 e. The molecule has 3 aromatic rings. The SMILES string of the molecule is CC1(C(=O)NC2CCCCCCC2)Cn2c(ccc2-c2ccccc2)C(=O)N1Cc1ccccc1. The fourth-order valence-electron chi connectivity index (χ4n) is 5.59. The topological polar surface area (TPSA) is 54.3 Å². The fourth-order valence-corrected chi connectivity index (χ4v) is 5.59. The molecule has 0 spiro atoms. The Bertz CT molecular complexity index is 1160. The lowest BCUT2D eigenvalue weighted by Crippen LogP contribution is -2.64. The van der Waals surface area contributed by atoms with Crippen LogP contribution >= 0.6 is 0 Å². The van der Waals surface area contributed by atoms with Gasteiger partial charge in [-0.1, -0.05) is 92.8 Å². The molecule has 5 nitrogen and oxygen atoms in total. The van der Waals surface area contributed by atoms with Gasteiger partial charge in [0.1, 0.15) is 11.2 Å². The van der Waals surface area contributed by atoms with Gasteiger partial charge in [-0.25, -0.2) is 0 Å². The van der Waals surface area contributed by atoms with Gasteiger partial charge < -0.3 is 14.8 Å². The summed E-state index contributed by atoms with van der Waals surface area (Å²) in [5.74, 6) is -0.150. The molecular formula is C30H35N3O2. The maximum atomic E-state index is 14.0. The Balaban J connectivity index is 1.50. The van der Waals surface area contributed by atoms with Crippen LogP contribution in [-0.2, 0) is 17.9 Å². The maximum absolute atomic E-state index is 14.0. The van der Waals surface area contributed by atoms with E-state index in [1.165, 1.54) is 19.3 Å². The van der Waals surface area contributed by atoms with Gasteiger partial charge in [-0.3, -0.25) is 9.59 Å². The highest BCUT2D eigenvalue weighted by atomic mass is 16.2. The first-order valence-electron chi connectivity index (χ1n) is 13.0. The summed E-state index contributed by atoms with van der Waals surface area (Å²) in [5.41, 5.74) is 2.68. The lowest BCUT2D eigenvalue weighted by Gasteiger charge is -2.45. The second-order valence-corrected chi connectivity index (χ2v) is 10.2. The number of carbonyl (C=O) groups excluding carboxylic acids is 2. The van der Waals surface area contributed by atoms with E-state index in [1.807, 2.05) is 72.2 Å². The van der Waals surface area contributed by atoms with Crippen LogP contribution in [0.1, 0.15) is 67.9 Å². The van der Waals surface area contributed by atoms with Crippen molar-refractivity contribution in [1.29, 1.82) is 0 Å². The van der Waals surface area contributed by atoms with Crippen LogP contribution in [0.4, 0.5) is 0 Å². The number of aromatic nitrogens is 1. The molecule has 0 radical (unpaired) electrons. The van der Waals surface area contributed by atoms with E-state index in [0.29, 0.717) is 18.8 Å². The van der Waals surface area contributed by atoms with Gasteiger partial charge in [0, 0.05) is 18.3 Å². The summed E-state index contributed by atoms with van der Waals surface area (Å²) in [6.45, 7) is 2.76. The predicted octanol–water partition coefficient (Wildman–Crippen LogP) is 5.80. The van der Waals surface area contributed by atoms with E-state index in [1.54, 1.807) is 4.90 Å². The van der Waals surface area contributed by atoms with Crippen LogP contribution in [-0.4, -0.2) is 32.9 Å². The van der Waals surface area contributed by atoms with E-state index in [0.717, 1.165) is 42.5 Å². The molecule has 1 aliphatic carbocycles. The fraction of sp³-hybridized carbons (Fsp3) is 0.400. The highest BCUT2D eigenvalue weighted by molar-refractivity contribution is 6.00. The Morgan fingerprint density at radius 1 is 0.857 bits per heavy atom. The Morgan fingerprint density at radius 2 is 1.46 bits per heavy atom. The molecule has 1 aromatic heterocycles. The van der Waals surface area contributed by atoms with Gasteiger partial charge in [-0.05, 0) is 43.0 Å². The van der Waals surface area contributed by atoms with Gasteiger partial charge in [0.2, 0.25) is 5.91 Å². The van der Waals surface area contributed by atoms with Crippen molar-refractivity contribution in [3.05, 3.63) is 84.1 Å². The Labute approximate surface area is 208 Å². The van der Waals surface area contributed by atoms with Gasteiger partial charge in [-0.2, -0.15) is 0 Å². The van der Waals surface area contributed by atoms with Crippen LogP contribution in [0.2, 0.25) is 0 Å². The molecule has 1 saturated carbocycles. The number of benzene rings is 2. The Kier molecular flexibility index (Phi) is 6.76. The number of rotatable bonds is 5. The van der Waals surface area contributed by atoms with Gasteiger partial charge in [0.25, 0.3) is 5.91 Å². The molecule has 35 heavy (non-hydrogen) atoms. The molecule has 182 valence electrons. The normalized spacial score (nSPS) is 21.2. The second-order valence-electron chi connectivity index (χ2n) is 10.2. The monoisotopic (exact) mass is 469 g/mol. The number of nitrogens with one attached hydrogen (secondary N) is 1. The lowest BCUT2D eigenvalue weighted by molar-refractivity contribution is -0.134. The highest BCUT2D eigenvalue weighted by Gasteiger charge is 2.48. The summed E-state index contributed by atoms with van der Waals surface area (Å²) < 4.78 is 2.04. The van der Waals surface area contributed by atoms with Crippen molar-refractivity contribution in [1.82, 2.24) is 14.8 Å². The highest BCUT2D eigenvalue weighted by Crippen LogP contribution is 2.34. The molecule has 2 amide bonds. The van der Waals surface area contributed by atoms with Crippen LogP contribution < -0.4 is 5.32 Å². The Hall–Kier alpha value is -3.34. The Morgan fingerprint density at radius 3 is 2.14 bits per heavy atom. The summed E-state index contributed by atoms with van der Waals surface area (Å²) in [6.07, 6.45) is 8.07. The molecule has 1 unspecified atom stereocenters. The quantitative estimate of drug-likeness (QED) is 0.514. The molecule has 5 rings (SSSR count). The van der Waals surface area contributed by atoms with Crippen molar-refractivity contribution < 1.29 is 9.59 Å². The molecule has 1 aliphatic heterocycles. The third-order valence-electron chi connectivity index (χ3n) is 7.69. The molecular weight excluding hydrogens is 434 g/mol. The molecule has 0 saturated heterocycles. The third-order valence-corrected chi connectivity index (χ3v) is 7.69. The number of fused-ring (bicyclic) bond motifs is 1. The van der Waals surface area contributed by atoms with Crippen LogP contribution in [0.3, 0.4) is 0 Å². The second kappa shape index (κ2) is 10.1. The molecule has 0 bridgehead atoms. The predicted molar refractivity (Wildman–Crippen MR) is 139 cm³/mol. The van der Waals surface area contributed by atoms with E-state index in [2.05, 4.69) is 17.4 Å². The zero-order chi connectivity index (χ0) is 24.3. The minimum absolute atomic E-state index is 0.0503. The van der Waals surface area contributed by atoms with Crippen LogP contribution in [0.15, 0.2) is 72.8 Å². The average molecular weight is 470 g/mol.